The van der Waals surface area contributed by atoms with E-state index in [1.165, 1.54) is 4.90 Å². The van der Waals surface area contributed by atoms with Crippen LogP contribution in [0.1, 0.15) is 29.3 Å². The summed E-state index contributed by atoms with van der Waals surface area (Å²) in [6, 6.07) is 21.9. The highest BCUT2D eigenvalue weighted by molar-refractivity contribution is 7.80. The number of nitrogens with zero attached hydrogens (tertiary/aromatic N) is 2. The Morgan fingerprint density at radius 3 is 2.31 bits per heavy atom. The highest BCUT2D eigenvalue weighted by Crippen LogP contribution is 2.29. The van der Waals surface area contributed by atoms with Crippen molar-refractivity contribution in [3.05, 3.63) is 95.0 Å². The first-order valence-electron chi connectivity index (χ1n) is 11.4. The predicted octanol–water partition coefficient (Wildman–Crippen LogP) is 5.05. The van der Waals surface area contributed by atoms with E-state index in [4.69, 9.17) is 28.6 Å². The van der Waals surface area contributed by atoms with Crippen molar-refractivity contribution in [1.82, 2.24) is 4.90 Å². The van der Waals surface area contributed by atoms with Crippen LogP contribution in [0, 0.1) is 0 Å². The Hall–Kier alpha value is -3.75. The van der Waals surface area contributed by atoms with E-state index in [0.717, 1.165) is 5.56 Å². The molecule has 1 fully saturated rings. The number of nitrogens with one attached hydrogen (secondary N) is 1. The molecule has 184 valence electrons. The van der Waals surface area contributed by atoms with Crippen LogP contribution in [-0.4, -0.2) is 40.4 Å². The quantitative estimate of drug-likeness (QED) is 0.330. The van der Waals surface area contributed by atoms with Crippen LogP contribution in [0.25, 0.3) is 0 Å². The molecule has 0 radical (unpaired) electrons. The smallest absolute Gasteiger partial charge is 0.338 e. The second-order valence-electron chi connectivity index (χ2n) is 8.11. The van der Waals surface area contributed by atoms with Gasteiger partial charge < -0.3 is 15.0 Å². The highest BCUT2D eigenvalue weighted by atomic mass is 35.5. The lowest BCUT2D eigenvalue weighted by Gasteiger charge is -2.24. The van der Waals surface area contributed by atoms with Crippen molar-refractivity contribution < 1.29 is 19.1 Å². The standard InChI is InChI=1S/C27H24ClN3O4S/c1-2-35-26(34)19-10-14-22(15-11-19)31-25(33)23(16-24(32)29-21-6-4-3-5-7-21)30(27(31)36)17-18-8-12-20(28)13-9-18/h3-15,23H,2,16-17H2,1H3,(H,29,32). The zero-order valence-corrected chi connectivity index (χ0v) is 21.1. The molecule has 0 aromatic heterocycles. The molecule has 3 aromatic rings. The van der Waals surface area contributed by atoms with Crippen molar-refractivity contribution in [1.29, 1.82) is 0 Å². The van der Waals surface area contributed by atoms with Gasteiger partial charge >= 0.3 is 5.97 Å². The van der Waals surface area contributed by atoms with Crippen LogP contribution in [0.4, 0.5) is 11.4 Å². The van der Waals surface area contributed by atoms with Crippen molar-refractivity contribution in [2.45, 2.75) is 25.9 Å². The number of halogens is 1. The number of carbonyl (C=O) groups excluding carboxylic acids is 3. The molecule has 0 saturated carbocycles. The number of para-hydroxylation sites is 1. The molecular weight excluding hydrogens is 498 g/mol. The van der Waals surface area contributed by atoms with Gasteiger partial charge in [-0.05, 0) is 73.2 Å². The minimum Gasteiger partial charge on any atom is -0.462 e. The van der Waals surface area contributed by atoms with Gasteiger partial charge in [0, 0.05) is 17.3 Å². The molecule has 1 N–H and O–H groups in total. The number of rotatable bonds is 8. The fraction of sp³-hybridized carbons (Fsp3) is 0.185. The number of hydrogen-bond donors (Lipinski definition) is 1. The van der Waals surface area contributed by atoms with Crippen molar-refractivity contribution in [2.24, 2.45) is 0 Å². The zero-order chi connectivity index (χ0) is 25.7. The van der Waals surface area contributed by atoms with Crippen LogP contribution in [0.2, 0.25) is 5.02 Å². The Labute approximate surface area is 219 Å². The van der Waals surface area contributed by atoms with Gasteiger partial charge in [0.05, 0.1) is 24.3 Å². The zero-order valence-electron chi connectivity index (χ0n) is 19.5. The van der Waals surface area contributed by atoms with Crippen LogP contribution >= 0.6 is 23.8 Å². The Bertz CT molecular complexity index is 1270. The minimum absolute atomic E-state index is 0.0845. The Morgan fingerprint density at radius 1 is 1.00 bits per heavy atom. The van der Waals surface area contributed by atoms with Crippen molar-refractivity contribution >= 4 is 58.1 Å². The monoisotopic (exact) mass is 521 g/mol. The fourth-order valence-electron chi connectivity index (χ4n) is 3.91. The van der Waals surface area contributed by atoms with Gasteiger partial charge in [0.2, 0.25) is 5.91 Å². The Morgan fingerprint density at radius 2 is 1.67 bits per heavy atom. The van der Waals surface area contributed by atoms with E-state index in [1.54, 1.807) is 60.4 Å². The maximum atomic E-state index is 13.6. The summed E-state index contributed by atoms with van der Waals surface area (Å²) in [5.41, 5.74) is 2.41. The van der Waals surface area contributed by atoms with Crippen LogP contribution in [0.15, 0.2) is 78.9 Å². The molecule has 7 nitrogen and oxygen atoms in total. The lowest BCUT2D eigenvalue weighted by Crippen LogP contribution is -2.37. The first-order chi connectivity index (χ1) is 17.4. The predicted molar refractivity (Wildman–Crippen MR) is 143 cm³/mol. The number of benzene rings is 3. The Kier molecular flexibility index (Phi) is 7.97. The largest absolute Gasteiger partial charge is 0.462 e. The number of hydrogen-bond acceptors (Lipinski definition) is 5. The molecule has 1 saturated heterocycles. The summed E-state index contributed by atoms with van der Waals surface area (Å²) < 4.78 is 5.03. The lowest BCUT2D eigenvalue weighted by molar-refractivity contribution is -0.124. The number of carbonyl (C=O) groups is 3. The third-order valence-electron chi connectivity index (χ3n) is 5.66. The SMILES string of the molecule is CCOC(=O)c1ccc(N2C(=O)C(CC(=O)Nc3ccccc3)N(Cc3ccc(Cl)cc3)C2=S)cc1. The topological polar surface area (TPSA) is 78.9 Å². The molecule has 1 atom stereocenters. The fourth-order valence-corrected chi connectivity index (χ4v) is 4.42. The van der Waals surface area contributed by atoms with Crippen molar-refractivity contribution in [2.75, 3.05) is 16.8 Å². The van der Waals surface area contributed by atoms with E-state index in [2.05, 4.69) is 5.32 Å². The summed E-state index contributed by atoms with van der Waals surface area (Å²) in [4.78, 5) is 41.6. The van der Waals surface area contributed by atoms with E-state index in [0.29, 0.717) is 28.5 Å². The molecule has 1 aliphatic rings. The summed E-state index contributed by atoms with van der Waals surface area (Å²) in [6.07, 6.45) is -0.0845. The summed E-state index contributed by atoms with van der Waals surface area (Å²) >= 11 is 11.7. The van der Waals surface area contributed by atoms with E-state index < -0.39 is 12.0 Å². The molecule has 2 amide bonds. The van der Waals surface area contributed by atoms with Crippen LogP contribution in [0.5, 0.6) is 0 Å². The molecule has 4 rings (SSSR count). The number of thiocarbonyl (C=S) groups is 1. The van der Waals surface area contributed by atoms with Gasteiger partial charge in [0.25, 0.3) is 5.91 Å². The molecule has 9 heteroatoms. The maximum absolute atomic E-state index is 13.6. The van der Waals surface area contributed by atoms with Crippen LogP contribution in [-0.2, 0) is 20.9 Å². The van der Waals surface area contributed by atoms with E-state index in [-0.39, 0.29) is 30.0 Å². The molecule has 0 spiro atoms. The average Bonchev–Trinajstić information content (AvgIpc) is 3.10. The molecule has 1 heterocycles. The van der Waals surface area contributed by atoms with Crippen LogP contribution in [0.3, 0.4) is 0 Å². The molecule has 0 bridgehead atoms. The summed E-state index contributed by atoms with van der Waals surface area (Å²) in [5.74, 6) is -1.07. The average molecular weight is 522 g/mol. The molecular formula is C27H24ClN3O4S. The van der Waals surface area contributed by atoms with Gasteiger partial charge in [-0.15, -0.1) is 0 Å². The summed E-state index contributed by atoms with van der Waals surface area (Å²) in [5, 5.41) is 3.71. The lowest BCUT2D eigenvalue weighted by atomic mass is 10.1. The molecule has 36 heavy (non-hydrogen) atoms. The summed E-state index contributed by atoms with van der Waals surface area (Å²) in [7, 11) is 0. The number of amides is 2. The van der Waals surface area contributed by atoms with Gasteiger partial charge in [0.1, 0.15) is 6.04 Å². The number of esters is 1. The highest BCUT2D eigenvalue weighted by Gasteiger charge is 2.44. The van der Waals surface area contributed by atoms with Gasteiger partial charge in [-0.2, -0.15) is 0 Å². The molecule has 1 unspecified atom stereocenters. The third kappa shape index (κ3) is 5.72. The second kappa shape index (κ2) is 11.3. The Balaban J connectivity index is 1.59. The first-order valence-corrected chi connectivity index (χ1v) is 12.2. The van der Waals surface area contributed by atoms with E-state index >= 15 is 0 Å². The van der Waals surface area contributed by atoms with Crippen molar-refractivity contribution in [3.63, 3.8) is 0 Å². The maximum Gasteiger partial charge on any atom is 0.338 e. The van der Waals surface area contributed by atoms with Gasteiger partial charge in [-0.25, -0.2) is 4.79 Å². The normalized spacial score (nSPS) is 15.2. The van der Waals surface area contributed by atoms with Crippen molar-refractivity contribution in [3.8, 4) is 0 Å². The number of anilines is 2. The van der Waals surface area contributed by atoms with Gasteiger partial charge in [-0.1, -0.05) is 41.9 Å². The molecule has 3 aromatic carbocycles. The van der Waals surface area contributed by atoms with E-state index in [9.17, 15) is 14.4 Å². The minimum atomic E-state index is -0.804. The third-order valence-corrected chi connectivity index (χ3v) is 6.33. The van der Waals surface area contributed by atoms with Crippen LogP contribution < -0.4 is 10.2 Å². The summed E-state index contributed by atoms with van der Waals surface area (Å²) in [6.45, 7) is 2.32. The second-order valence-corrected chi connectivity index (χ2v) is 8.91. The van der Waals surface area contributed by atoms with E-state index in [1.807, 2.05) is 30.3 Å². The first kappa shape index (κ1) is 25.3. The molecule has 1 aliphatic heterocycles. The molecule has 0 aliphatic carbocycles. The van der Waals surface area contributed by atoms with Gasteiger partial charge in [0.15, 0.2) is 5.11 Å². The number of ether oxygens (including phenoxy) is 1. The van der Waals surface area contributed by atoms with Gasteiger partial charge in [-0.3, -0.25) is 14.5 Å².